The molecule has 0 unspecified atom stereocenters. The first-order valence-electron chi connectivity index (χ1n) is 3.58. The minimum absolute atomic E-state index is 0.836. The molecule has 1 nitrogen and oxygen atoms in total. The molecule has 1 N–H and O–H groups in total. The maximum atomic E-state index is 5.91. The van der Waals surface area contributed by atoms with Crippen LogP contribution in [0.4, 0.5) is 0 Å². The Balaban J connectivity index is 2.62. The highest BCUT2D eigenvalue weighted by Gasteiger charge is 1.95. The molecule has 0 aliphatic rings. The van der Waals surface area contributed by atoms with Gasteiger partial charge in [0, 0.05) is 12.1 Å². The summed E-state index contributed by atoms with van der Waals surface area (Å²) in [7, 11) is 3.54. The third-order valence-electron chi connectivity index (χ3n) is 1.53. The standard InChI is InChI=1S/C9H11ClN/c1-11-7-6-8-4-2-3-5-9(8)10/h2-5,11H,1,6-7H2. The van der Waals surface area contributed by atoms with Crippen LogP contribution in [-0.2, 0) is 6.42 Å². The van der Waals surface area contributed by atoms with Crippen molar-refractivity contribution >= 4 is 11.6 Å². The third kappa shape index (κ3) is 2.52. The predicted octanol–water partition coefficient (Wildman–Crippen LogP) is 2.26. The Bertz CT molecular complexity index is 223. The van der Waals surface area contributed by atoms with E-state index in [1.54, 1.807) is 0 Å². The second-order valence-electron chi connectivity index (χ2n) is 2.34. The molecule has 0 saturated heterocycles. The van der Waals surface area contributed by atoms with Gasteiger partial charge in [-0.15, -0.1) is 0 Å². The van der Waals surface area contributed by atoms with Gasteiger partial charge in [0.15, 0.2) is 0 Å². The van der Waals surface area contributed by atoms with E-state index in [-0.39, 0.29) is 0 Å². The van der Waals surface area contributed by atoms with Crippen LogP contribution in [0.15, 0.2) is 24.3 Å². The lowest BCUT2D eigenvalue weighted by Crippen LogP contribution is -2.07. The van der Waals surface area contributed by atoms with Gasteiger partial charge in [-0.05, 0) is 24.6 Å². The van der Waals surface area contributed by atoms with Crippen molar-refractivity contribution in [2.24, 2.45) is 0 Å². The number of halogens is 1. The third-order valence-corrected chi connectivity index (χ3v) is 1.90. The molecule has 1 rings (SSSR count). The van der Waals surface area contributed by atoms with Crippen molar-refractivity contribution in [1.29, 1.82) is 0 Å². The molecule has 11 heavy (non-hydrogen) atoms. The summed E-state index contributed by atoms with van der Waals surface area (Å²) in [6.45, 7) is 0.865. The summed E-state index contributed by atoms with van der Waals surface area (Å²) < 4.78 is 0. The fourth-order valence-electron chi connectivity index (χ4n) is 0.924. The van der Waals surface area contributed by atoms with E-state index in [9.17, 15) is 0 Å². The molecule has 0 aliphatic heterocycles. The Morgan fingerprint density at radius 2 is 2.09 bits per heavy atom. The largest absolute Gasteiger partial charge is 0.315 e. The van der Waals surface area contributed by atoms with Gasteiger partial charge in [-0.1, -0.05) is 29.8 Å². The van der Waals surface area contributed by atoms with Crippen molar-refractivity contribution in [3.63, 3.8) is 0 Å². The lowest BCUT2D eigenvalue weighted by atomic mass is 10.1. The van der Waals surface area contributed by atoms with E-state index >= 15 is 0 Å². The quantitative estimate of drug-likeness (QED) is 0.730. The van der Waals surface area contributed by atoms with Gasteiger partial charge in [-0.25, -0.2) is 0 Å². The Hall–Kier alpha value is -0.530. The van der Waals surface area contributed by atoms with E-state index < -0.39 is 0 Å². The molecular weight excluding hydrogens is 158 g/mol. The van der Waals surface area contributed by atoms with E-state index in [1.807, 2.05) is 24.3 Å². The molecule has 2 heteroatoms. The van der Waals surface area contributed by atoms with Gasteiger partial charge in [0.1, 0.15) is 0 Å². The van der Waals surface area contributed by atoms with Gasteiger partial charge in [-0.2, -0.15) is 0 Å². The van der Waals surface area contributed by atoms with Gasteiger partial charge in [-0.3, -0.25) is 0 Å². The molecule has 0 amide bonds. The lowest BCUT2D eigenvalue weighted by Gasteiger charge is -2.01. The molecule has 1 radical (unpaired) electrons. The van der Waals surface area contributed by atoms with Crippen LogP contribution in [-0.4, -0.2) is 6.54 Å². The average molecular weight is 169 g/mol. The molecule has 0 spiro atoms. The number of benzene rings is 1. The Morgan fingerprint density at radius 1 is 1.36 bits per heavy atom. The van der Waals surface area contributed by atoms with Crippen LogP contribution in [0.1, 0.15) is 5.56 Å². The van der Waals surface area contributed by atoms with Gasteiger partial charge in [0.2, 0.25) is 0 Å². The summed E-state index contributed by atoms with van der Waals surface area (Å²) in [4.78, 5) is 0. The van der Waals surface area contributed by atoms with E-state index in [0.29, 0.717) is 0 Å². The fraction of sp³-hybridized carbons (Fsp3) is 0.222. The second kappa shape index (κ2) is 4.37. The molecule has 0 atom stereocenters. The zero-order chi connectivity index (χ0) is 8.10. The number of rotatable bonds is 3. The van der Waals surface area contributed by atoms with Crippen LogP contribution in [0.3, 0.4) is 0 Å². The first-order chi connectivity index (χ1) is 5.34. The summed E-state index contributed by atoms with van der Waals surface area (Å²) in [5.41, 5.74) is 1.17. The van der Waals surface area contributed by atoms with Gasteiger partial charge in [0.25, 0.3) is 0 Å². The molecule has 0 aromatic heterocycles. The van der Waals surface area contributed by atoms with E-state index in [1.165, 1.54) is 5.56 Å². The maximum Gasteiger partial charge on any atom is 0.0438 e. The van der Waals surface area contributed by atoms with Gasteiger partial charge < -0.3 is 5.32 Å². The van der Waals surface area contributed by atoms with Crippen molar-refractivity contribution in [3.8, 4) is 0 Å². The van der Waals surface area contributed by atoms with Crippen LogP contribution >= 0.6 is 11.6 Å². The molecule has 0 fully saturated rings. The van der Waals surface area contributed by atoms with Crippen molar-refractivity contribution in [1.82, 2.24) is 5.32 Å². The molecule has 59 valence electrons. The molecule has 1 aromatic carbocycles. The summed E-state index contributed by atoms with van der Waals surface area (Å²) in [6.07, 6.45) is 0.934. The number of nitrogens with one attached hydrogen (secondary N) is 1. The molecular formula is C9H11ClN. The van der Waals surface area contributed by atoms with E-state index in [0.717, 1.165) is 18.0 Å². The van der Waals surface area contributed by atoms with Crippen molar-refractivity contribution in [2.45, 2.75) is 6.42 Å². The molecule has 0 saturated carbocycles. The van der Waals surface area contributed by atoms with E-state index in [4.69, 9.17) is 11.6 Å². The first kappa shape index (κ1) is 8.57. The number of hydrogen-bond acceptors (Lipinski definition) is 1. The van der Waals surface area contributed by atoms with Crippen LogP contribution < -0.4 is 5.32 Å². The summed E-state index contributed by atoms with van der Waals surface area (Å²) in [5, 5.41) is 3.67. The Kier molecular flexibility index (Phi) is 3.40. The Labute approximate surface area is 72.4 Å². The molecule has 1 aromatic rings. The second-order valence-corrected chi connectivity index (χ2v) is 2.75. The molecule has 0 bridgehead atoms. The number of hydrogen-bond donors (Lipinski definition) is 1. The zero-order valence-electron chi connectivity index (χ0n) is 6.31. The van der Waals surface area contributed by atoms with Gasteiger partial charge in [0.05, 0.1) is 0 Å². The maximum absolute atomic E-state index is 5.91. The zero-order valence-corrected chi connectivity index (χ0v) is 7.06. The minimum atomic E-state index is 0.836. The van der Waals surface area contributed by atoms with Crippen LogP contribution in [0.2, 0.25) is 5.02 Å². The summed E-state index contributed by atoms with van der Waals surface area (Å²) in [5.74, 6) is 0. The lowest BCUT2D eigenvalue weighted by molar-refractivity contribution is 0.829. The van der Waals surface area contributed by atoms with Crippen molar-refractivity contribution < 1.29 is 0 Å². The molecule has 0 aliphatic carbocycles. The highest BCUT2D eigenvalue weighted by molar-refractivity contribution is 6.31. The topological polar surface area (TPSA) is 12.0 Å². The Morgan fingerprint density at radius 3 is 2.73 bits per heavy atom. The summed E-state index contributed by atoms with van der Waals surface area (Å²) in [6, 6.07) is 7.85. The normalized spacial score (nSPS) is 10.0. The summed E-state index contributed by atoms with van der Waals surface area (Å²) >= 11 is 5.91. The van der Waals surface area contributed by atoms with E-state index in [2.05, 4.69) is 12.4 Å². The van der Waals surface area contributed by atoms with Crippen LogP contribution in [0.25, 0.3) is 0 Å². The van der Waals surface area contributed by atoms with Gasteiger partial charge >= 0.3 is 0 Å². The fourth-order valence-corrected chi connectivity index (χ4v) is 1.15. The van der Waals surface area contributed by atoms with Crippen molar-refractivity contribution in [3.05, 3.63) is 41.9 Å². The highest BCUT2D eigenvalue weighted by atomic mass is 35.5. The monoisotopic (exact) mass is 168 g/mol. The van der Waals surface area contributed by atoms with Crippen LogP contribution in [0.5, 0.6) is 0 Å². The first-order valence-corrected chi connectivity index (χ1v) is 3.95. The SMILES string of the molecule is [CH2]NCCc1ccccc1Cl. The predicted molar refractivity (Wildman–Crippen MR) is 48.5 cm³/mol. The average Bonchev–Trinajstić information content (AvgIpc) is 2.03. The van der Waals surface area contributed by atoms with Crippen molar-refractivity contribution in [2.75, 3.05) is 6.54 Å². The van der Waals surface area contributed by atoms with Crippen LogP contribution in [0, 0.1) is 7.05 Å². The minimum Gasteiger partial charge on any atom is -0.315 e. The highest BCUT2D eigenvalue weighted by Crippen LogP contribution is 2.14. The smallest absolute Gasteiger partial charge is 0.0438 e. The molecule has 0 heterocycles.